The number of ether oxygens (including phenoxy) is 1. The second kappa shape index (κ2) is 8.62. The molecule has 160 valence electrons. The van der Waals surface area contributed by atoms with Gasteiger partial charge in [-0.2, -0.15) is 5.26 Å². The number of nitriles is 1. The number of rotatable bonds is 4. The molecule has 1 atom stereocenters. The Morgan fingerprint density at radius 2 is 2.00 bits per heavy atom. The van der Waals surface area contributed by atoms with Crippen molar-refractivity contribution in [1.29, 1.82) is 5.26 Å². The van der Waals surface area contributed by atoms with Crippen LogP contribution in [0.4, 0.5) is 0 Å². The highest BCUT2D eigenvalue weighted by atomic mass is 35.5. The van der Waals surface area contributed by atoms with Crippen LogP contribution in [0.2, 0.25) is 10.2 Å². The van der Waals surface area contributed by atoms with Crippen LogP contribution in [0.3, 0.4) is 0 Å². The van der Waals surface area contributed by atoms with Gasteiger partial charge in [-0.1, -0.05) is 23.2 Å². The first-order valence-electron chi connectivity index (χ1n) is 9.72. The van der Waals surface area contributed by atoms with E-state index in [0.29, 0.717) is 44.0 Å². The van der Waals surface area contributed by atoms with E-state index in [1.807, 2.05) is 19.1 Å². The molecule has 4 aromatic rings. The third kappa shape index (κ3) is 3.81. The van der Waals surface area contributed by atoms with E-state index in [2.05, 4.69) is 9.97 Å². The quantitative estimate of drug-likeness (QED) is 0.334. The lowest BCUT2D eigenvalue weighted by molar-refractivity contribution is 0.225. The van der Waals surface area contributed by atoms with Crippen LogP contribution in [0.15, 0.2) is 51.9 Å². The Bertz CT molecular complexity index is 1440. The molecule has 8 heteroatoms. The number of aryl methyl sites for hydroxylation is 1. The monoisotopic (exact) mass is 465 g/mol. The van der Waals surface area contributed by atoms with Crippen molar-refractivity contribution >= 4 is 34.2 Å². The molecule has 0 aliphatic carbocycles. The number of pyridine rings is 2. The highest BCUT2D eigenvalue weighted by molar-refractivity contribution is 6.33. The fourth-order valence-electron chi connectivity index (χ4n) is 3.55. The van der Waals surface area contributed by atoms with Gasteiger partial charge in [0.25, 0.3) is 0 Å². The number of nitrogens with zero attached hydrogens (tertiary/aromatic N) is 3. The minimum Gasteiger partial charge on any atom is -0.483 e. The summed E-state index contributed by atoms with van der Waals surface area (Å²) in [5.74, 6) is 0.659. The molecule has 1 aromatic carbocycles. The Morgan fingerprint density at radius 3 is 2.69 bits per heavy atom. The van der Waals surface area contributed by atoms with E-state index >= 15 is 0 Å². The van der Waals surface area contributed by atoms with Crippen LogP contribution in [0.5, 0.6) is 5.75 Å². The molecule has 0 N–H and O–H groups in total. The molecule has 6 nitrogen and oxygen atoms in total. The Balaban J connectivity index is 1.94. The molecule has 0 saturated heterocycles. The van der Waals surface area contributed by atoms with Crippen LogP contribution in [0.1, 0.15) is 35.4 Å². The third-order valence-corrected chi connectivity index (χ3v) is 5.84. The largest absolute Gasteiger partial charge is 0.483 e. The maximum absolute atomic E-state index is 13.2. The van der Waals surface area contributed by atoms with Crippen LogP contribution >= 0.6 is 23.2 Å². The summed E-state index contributed by atoms with van der Waals surface area (Å²) in [6.07, 6.45) is 2.62. The zero-order valence-electron chi connectivity index (χ0n) is 17.4. The molecule has 0 amide bonds. The Morgan fingerprint density at radius 1 is 1.22 bits per heavy atom. The van der Waals surface area contributed by atoms with Gasteiger partial charge in [0.2, 0.25) is 0 Å². The van der Waals surface area contributed by atoms with E-state index in [4.69, 9.17) is 32.4 Å². The van der Waals surface area contributed by atoms with Gasteiger partial charge >= 0.3 is 0 Å². The van der Waals surface area contributed by atoms with E-state index < -0.39 is 6.10 Å². The van der Waals surface area contributed by atoms with Gasteiger partial charge in [0.1, 0.15) is 28.7 Å². The Hall–Kier alpha value is -3.40. The van der Waals surface area contributed by atoms with Gasteiger partial charge < -0.3 is 9.15 Å². The highest BCUT2D eigenvalue weighted by Gasteiger charge is 2.24. The predicted octanol–water partition coefficient (Wildman–Crippen LogP) is 6.19. The van der Waals surface area contributed by atoms with Crippen LogP contribution in [0, 0.1) is 25.2 Å². The first-order valence-corrected chi connectivity index (χ1v) is 10.5. The molecule has 3 aromatic heterocycles. The standard InChI is InChI=1S/C24H17Cl2N3O3/c1-12-9-16-22(30)13(2)23(15-5-4-8-28-11-15)32-24(16)20(21(12)26)14(3)31-18-6-7-19(25)29-17(18)10-27/h4-9,11,14H,1-3H3. The van der Waals surface area contributed by atoms with Crippen LogP contribution in [-0.2, 0) is 0 Å². The normalized spacial score (nSPS) is 11.9. The molecule has 3 heterocycles. The number of fused-ring (bicyclic) bond motifs is 1. The summed E-state index contributed by atoms with van der Waals surface area (Å²) in [5, 5.41) is 10.4. The van der Waals surface area contributed by atoms with Crippen molar-refractivity contribution in [1.82, 2.24) is 9.97 Å². The van der Waals surface area contributed by atoms with Crippen LogP contribution in [0.25, 0.3) is 22.3 Å². The zero-order chi connectivity index (χ0) is 23.0. The molecule has 0 aliphatic rings. The maximum Gasteiger partial charge on any atom is 0.196 e. The minimum atomic E-state index is -0.660. The molecule has 4 rings (SSSR count). The molecule has 0 radical (unpaired) electrons. The second-order valence-corrected chi connectivity index (χ2v) is 8.04. The summed E-state index contributed by atoms with van der Waals surface area (Å²) in [6.45, 7) is 5.29. The van der Waals surface area contributed by atoms with Crippen molar-refractivity contribution in [3.63, 3.8) is 0 Å². The first kappa shape index (κ1) is 21.8. The SMILES string of the molecule is Cc1cc2c(=O)c(C)c(-c3cccnc3)oc2c(C(C)Oc2ccc(Cl)nc2C#N)c1Cl. The van der Waals surface area contributed by atoms with E-state index in [1.54, 1.807) is 44.4 Å². The summed E-state index contributed by atoms with van der Waals surface area (Å²) in [4.78, 5) is 21.3. The molecular weight excluding hydrogens is 449 g/mol. The first-order chi connectivity index (χ1) is 15.3. The fourth-order valence-corrected chi connectivity index (χ4v) is 3.99. The fraction of sp³-hybridized carbons (Fsp3) is 0.167. The Labute approximate surface area is 194 Å². The van der Waals surface area contributed by atoms with Crippen molar-refractivity contribution in [2.45, 2.75) is 26.9 Å². The average Bonchev–Trinajstić information content (AvgIpc) is 2.79. The molecule has 0 aliphatic heterocycles. The highest BCUT2D eigenvalue weighted by Crippen LogP contribution is 2.38. The van der Waals surface area contributed by atoms with E-state index in [0.717, 1.165) is 0 Å². The summed E-state index contributed by atoms with van der Waals surface area (Å²) in [5.41, 5.74) is 2.56. The molecule has 32 heavy (non-hydrogen) atoms. The number of aromatic nitrogens is 2. The van der Waals surface area contributed by atoms with Gasteiger partial charge in [0.15, 0.2) is 16.9 Å². The van der Waals surface area contributed by atoms with Crippen molar-refractivity contribution in [2.75, 3.05) is 0 Å². The molecule has 0 saturated carbocycles. The molecule has 0 fully saturated rings. The summed E-state index contributed by atoms with van der Waals surface area (Å²) < 4.78 is 12.3. The van der Waals surface area contributed by atoms with Gasteiger partial charge in [0.05, 0.1) is 16.0 Å². The molecule has 1 unspecified atom stereocenters. The van der Waals surface area contributed by atoms with E-state index in [-0.39, 0.29) is 22.0 Å². The number of hydrogen-bond donors (Lipinski definition) is 0. The van der Waals surface area contributed by atoms with Crippen molar-refractivity contribution in [3.8, 4) is 23.1 Å². The van der Waals surface area contributed by atoms with Gasteiger partial charge in [-0.25, -0.2) is 4.98 Å². The third-order valence-electron chi connectivity index (χ3n) is 5.13. The van der Waals surface area contributed by atoms with Gasteiger partial charge in [-0.05, 0) is 56.7 Å². The summed E-state index contributed by atoms with van der Waals surface area (Å²) in [6, 6.07) is 10.4. The van der Waals surface area contributed by atoms with Crippen molar-refractivity contribution in [2.24, 2.45) is 0 Å². The molecule has 0 bridgehead atoms. The van der Waals surface area contributed by atoms with Crippen molar-refractivity contribution < 1.29 is 9.15 Å². The summed E-state index contributed by atoms with van der Waals surface area (Å²) >= 11 is 12.6. The Kier molecular flexibility index (Phi) is 5.88. The van der Waals surface area contributed by atoms with Crippen LogP contribution < -0.4 is 10.2 Å². The number of halogens is 2. The van der Waals surface area contributed by atoms with Crippen LogP contribution in [-0.4, -0.2) is 9.97 Å². The summed E-state index contributed by atoms with van der Waals surface area (Å²) in [7, 11) is 0. The second-order valence-electron chi connectivity index (χ2n) is 7.28. The maximum atomic E-state index is 13.2. The van der Waals surface area contributed by atoms with Gasteiger partial charge in [-0.15, -0.1) is 0 Å². The lowest BCUT2D eigenvalue weighted by atomic mass is 10.00. The number of hydrogen-bond acceptors (Lipinski definition) is 6. The van der Waals surface area contributed by atoms with Gasteiger partial charge in [-0.3, -0.25) is 9.78 Å². The number of benzene rings is 1. The lowest BCUT2D eigenvalue weighted by Crippen LogP contribution is -2.12. The molecular formula is C24H17Cl2N3O3. The smallest absolute Gasteiger partial charge is 0.196 e. The topological polar surface area (TPSA) is 89.0 Å². The van der Waals surface area contributed by atoms with E-state index in [9.17, 15) is 10.1 Å². The zero-order valence-corrected chi connectivity index (χ0v) is 19.0. The predicted molar refractivity (Wildman–Crippen MR) is 123 cm³/mol. The minimum absolute atomic E-state index is 0.0470. The lowest BCUT2D eigenvalue weighted by Gasteiger charge is -2.20. The van der Waals surface area contributed by atoms with E-state index in [1.165, 1.54) is 6.07 Å². The van der Waals surface area contributed by atoms with Crippen molar-refractivity contribution in [3.05, 3.63) is 85.5 Å². The van der Waals surface area contributed by atoms with Gasteiger partial charge in [0, 0.05) is 23.5 Å². The molecule has 0 spiro atoms. The average molecular weight is 466 g/mol.